The van der Waals surface area contributed by atoms with Crippen molar-refractivity contribution in [3.63, 3.8) is 0 Å². The van der Waals surface area contributed by atoms with Gasteiger partial charge in [-0.2, -0.15) is 0 Å². The second-order valence-corrected chi connectivity index (χ2v) is 8.19. The number of para-hydroxylation sites is 1. The van der Waals surface area contributed by atoms with E-state index in [1.807, 2.05) is 37.4 Å². The van der Waals surface area contributed by atoms with E-state index in [1.165, 1.54) is 23.7 Å². The number of carboxylic acids is 1. The lowest BCUT2D eigenvalue weighted by Gasteiger charge is -2.10. The van der Waals surface area contributed by atoms with Crippen LogP contribution >= 0.6 is 23.4 Å². The van der Waals surface area contributed by atoms with E-state index >= 15 is 0 Å². The SMILES string of the molecule is CSc1cc(-c2cc(NCCc3c(C)oc4ccccc34)ncn2)cc(Cl)c1C(=O)O. The first kappa shape index (κ1) is 21.2. The zero-order valence-electron chi connectivity index (χ0n) is 17.0. The molecule has 0 fully saturated rings. The van der Waals surface area contributed by atoms with Crippen LogP contribution in [0.3, 0.4) is 0 Å². The monoisotopic (exact) mass is 453 g/mol. The van der Waals surface area contributed by atoms with Crippen LogP contribution in [-0.2, 0) is 6.42 Å². The third kappa shape index (κ3) is 4.38. The number of hydrogen-bond acceptors (Lipinski definition) is 6. The molecular formula is C23H20ClN3O3S. The summed E-state index contributed by atoms with van der Waals surface area (Å²) in [4.78, 5) is 20.7. The molecule has 6 nitrogen and oxygen atoms in total. The van der Waals surface area contributed by atoms with E-state index in [1.54, 1.807) is 12.1 Å². The zero-order chi connectivity index (χ0) is 22.0. The van der Waals surface area contributed by atoms with Crippen molar-refractivity contribution in [2.75, 3.05) is 18.1 Å². The molecule has 0 amide bonds. The number of anilines is 1. The highest BCUT2D eigenvalue weighted by Crippen LogP contribution is 2.33. The highest BCUT2D eigenvalue weighted by atomic mass is 35.5. The fourth-order valence-corrected chi connectivity index (χ4v) is 4.56. The second-order valence-electron chi connectivity index (χ2n) is 6.94. The first-order chi connectivity index (χ1) is 15.0. The number of thioether (sulfide) groups is 1. The van der Waals surface area contributed by atoms with Gasteiger partial charge in [-0.1, -0.05) is 29.8 Å². The minimum Gasteiger partial charge on any atom is -0.478 e. The van der Waals surface area contributed by atoms with Crippen LogP contribution in [-0.4, -0.2) is 33.8 Å². The van der Waals surface area contributed by atoms with Gasteiger partial charge in [0.1, 0.15) is 23.5 Å². The summed E-state index contributed by atoms with van der Waals surface area (Å²) in [5.41, 5.74) is 3.58. The maximum absolute atomic E-state index is 11.5. The molecular weight excluding hydrogens is 434 g/mol. The molecule has 31 heavy (non-hydrogen) atoms. The van der Waals surface area contributed by atoms with E-state index < -0.39 is 5.97 Å². The number of halogens is 1. The van der Waals surface area contributed by atoms with E-state index in [-0.39, 0.29) is 10.6 Å². The highest BCUT2D eigenvalue weighted by molar-refractivity contribution is 7.98. The Balaban J connectivity index is 1.53. The maximum Gasteiger partial charge on any atom is 0.338 e. The van der Waals surface area contributed by atoms with Gasteiger partial charge in [0.05, 0.1) is 16.3 Å². The summed E-state index contributed by atoms with van der Waals surface area (Å²) in [6, 6.07) is 13.3. The Morgan fingerprint density at radius 2 is 2.03 bits per heavy atom. The van der Waals surface area contributed by atoms with Crippen LogP contribution in [0.15, 0.2) is 58.1 Å². The van der Waals surface area contributed by atoms with Gasteiger partial charge in [0.2, 0.25) is 0 Å². The lowest BCUT2D eigenvalue weighted by Crippen LogP contribution is -2.07. The molecule has 0 aliphatic carbocycles. The molecule has 2 aromatic carbocycles. The Kier molecular flexibility index (Phi) is 6.15. The van der Waals surface area contributed by atoms with E-state index in [4.69, 9.17) is 16.0 Å². The summed E-state index contributed by atoms with van der Waals surface area (Å²) < 4.78 is 5.83. The van der Waals surface area contributed by atoms with E-state index in [2.05, 4.69) is 21.4 Å². The molecule has 0 atom stereocenters. The average Bonchev–Trinajstić information content (AvgIpc) is 3.08. The molecule has 0 aliphatic heterocycles. The topological polar surface area (TPSA) is 88.3 Å². The number of nitrogens with zero attached hydrogens (tertiary/aromatic N) is 2. The number of rotatable bonds is 7. The van der Waals surface area contributed by atoms with Gasteiger partial charge in [0, 0.05) is 34.0 Å². The molecule has 4 rings (SSSR count). The van der Waals surface area contributed by atoms with Crippen molar-refractivity contribution in [2.45, 2.75) is 18.2 Å². The number of aromatic nitrogens is 2. The first-order valence-electron chi connectivity index (χ1n) is 9.62. The molecule has 0 unspecified atom stereocenters. The largest absolute Gasteiger partial charge is 0.478 e. The van der Waals surface area contributed by atoms with Crippen LogP contribution in [0.2, 0.25) is 5.02 Å². The van der Waals surface area contributed by atoms with Gasteiger partial charge < -0.3 is 14.8 Å². The molecule has 158 valence electrons. The molecule has 8 heteroatoms. The number of benzene rings is 2. The van der Waals surface area contributed by atoms with Crippen molar-refractivity contribution in [1.29, 1.82) is 0 Å². The van der Waals surface area contributed by atoms with Gasteiger partial charge in [0.25, 0.3) is 0 Å². The van der Waals surface area contributed by atoms with Gasteiger partial charge in [-0.25, -0.2) is 14.8 Å². The van der Waals surface area contributed by atoms with Crippen LogP contribution in [0.25, 0.3) is 22.2 Å². The molecule has 0 saturated heterocycles. The Labute approximate surface area is 188 Å². The van der Waals surface area contributed by atoms with Crippen LogP contribution in [0.5, 0.6) is 0 Å². The molecule has 2 N–H and O–H groups in total. The Hall–Kier alpha value is -3.03. The predicted octanol–water partition coefficient (Wildman–Crippen LogP) is 5.93. The molecule has 0 bridgehead atoms. The molecule has 4 aromatic rings. The quantitative estimate of drug-likeness (QED) is 0.335. The number of nitrogens with one attached hydrogen (secondary N) is 1. The number of hydrogen-bond donors (Lipinski definition) is 2. The Bertz CT molecular complexity index is 1270. The number of aromatic carboxylic acids is 1. The minimum absolute atomic E-state index is 0.105. The molecule has 2 aromatic heterocycles. The fraction of sp³-hybridized carbons (Fsp3) is 0.174. The van der Waals surface area contributed by atoms with Crippen LogP contribution < -0.4 is 5.32 Å². The molecule has 0 spiro atoms. The van der Waals surface area contributed by atoms with E-state index in [0.29, 0.717) is 23.0 Å². The average molecular weight is 454 g/mol. The standard InChI is InChI=1S/C23H20ClN3O3S/c1-13-15(16-5-3-4-6-19(16)30-13)7-8-25-21-11-18(26-12-27-21)14-9-17(24)22(23(28)29)20(10-14)31-2/h3-6,9-12H,7-8H2,1-2H3,(H,28,29)(H,25,26,27). The number of furan rings is 1. The third-order valence-electron chi connectivity index (χ3n) is 5.03. The van der Waals surface area contributed by atoms with Crippen LogP contribution in [0, 0.1) is 6.92 Å². The van der Waals surface area contributed by atoms with Crippen molar-refractivity contribution in [3.8, 4) is 11.3 Å². The lowest BCUT2D eigenvalue weighted by molar-refractivity contribution is 0.0693. The van der Waals surface area contributed by atoms with Crippen molar-refractivity contribution in [2.24, 2.45) is 0 Å². The molecule has 0 aliphatic rings. The summed E-state index contributed by atoms with van der Waals surface area (Å²) in [5.74, 6) is 0.553. The minimum atomic E-state index is -1.05. The van der Waals surface area contributed by atoms with Gasteiger partial charge in [-0.3, -0.25) is 0 Å². The van der Waals surface area contributed by atoms with Gasteiger partial charge >= 0.3 is 5.97 Å². The molecule has 2 heterocycles. The zero-order valence-corrected chi connectivity index (χ0v) is 18.5. The van der Waals surface area contributed by atoms with E-state index in [9.17, 15) is 9.90 Å². The first-order valence-corrected chi connectivity index (χ1v) is 11.2. The number of aryl methyl sites for hydroxylation is 1. The van der Waals surface area contributed by atoms with Crippen molar-refractivity contribution in [3.05, 3.63) is 70.7 Å². The Morgan fingerprint density at radius 3 is 2.81 bits per heavy atom. The Morgan fingerprint density at radius 1 is 1.23 bits per heavy atom. The van der Waals surface area contributed by atoms with Gasteiger partial charge in [-0.05, 0) is 37.8 Å². The summed E-state index contributed by atoms with van der Waals surface area (Å²) in [6.07, 6.45) is 4.09. The van der Waals surface area contributed by atoms with Crippen LogP contribution in [0.1, 0.15) is 21.7 Å². The van der Waals surface area contributed by atoms with Crippen molar-refractivity contribution in [1.82, 2.24) is 9.97 Å². The highest BCUT2D eigenvalue weighted by Gasteiger charge is 2.17. The number of carboxylic acid groups (broad SMARTS) is 1. The number of carbonyl (C=O) groups is 1. The summed E-state index contributed by atoms with van der Waals surface area (Å²) in [5, 5.41) is 14.0. The maximum atomic E-state index is 11.5. The summed E-state index contributed by atoms with van der Waals surface area (Å²) in [7, 11) is 0. The van der Waals surface area contributed by atoms with Crippen molar-refractivity contribution < 1.29 is 14.3 Å². The van der Waals surface area contributed by atoms with Gasteiger partial charge in [0.15, 0.2) is 0 Å². The summed E-state index contributed by atoms with van der Waals surface area (Å²) >= 11 is 7.57. The number of fused-ring (bicyclic) bond motifs is 1. The molecule has 0 radical (unpaired) electrons. The molecule has 0 saturated carbocycles. The predicted molar refractivity (Wildman–Crippen MR) is 124 cm³/mol. The normalized spacial score (nSPS) is 11.1. The smallest absolute Gasteiger partial charge is 0.338 e. The summed E-state index contributed by atoms with van der Waals surface area (Å²) in [6.45, 7) is 2.65. The fourth-order valence-electron chi connectivity index (χ4n) is 3.56. The van der Waals surface area contributed by atoms with Crippen LogP contribution in [0.4, 0.5) is 5.82 Å². The second kappa shape index (κ2) is 8.99. The van der Waals surface area contributed by atoms with Crippen molar-refractivity contribution >= 4 is 46.1 Å². The van der Waals surface area contributed by atoms with E-state index in [0.717, 1.165) is 28.7 Å². The van der Waals surface area contributed by atoms with Gasteiger partial charge in [-0.15, -0.1) is 11.8 Å². The third-order valence-corrected chi connectivity index (χ3v) is 6.09. The lowest BCUT2D eigenvalue weighted by atomic mass is 10.1.